The van der Waals surface area contributed by atoms with E-state index in [0.29, 0.717) is 21.2 Å². The zero-order chi connectivity index (χ0) is 15.4. The average Bonchev–Trinajstić information content (AvgIpc) is 2.48. The fraction of sp³-hybridized carbons (Fsp3) is 0.118. The van der Waals surface area contributed by atoms with Crippen LogP contribution in [-0.4, -0.2) is 11.1 Å². The summed E-state index contributed by atoms with van der Waals surface area (Å²) in [6.45, 7) is 2.05. The van der Waals surface area contributed by atoms with Gasteiger partial charge in [0.25, 0.3) is 0 Å². The molecule has 0 aliphatic carbocycles. The molecule has 0 radical (unpaired) electrons. The van der Waals surface area contributed by atoms with E-state index in [1.807, 2.05) is 24.3 Å². The molecule has 0 unspecified atom stereocenters. The van der Waals surface area contributed by atoms with Crippen LogP contribution >= 0.6 is 23.2 Å². The molecule has 0 aliphatic rings. The molecular weight excluding hydrogens is 307 g/mol. The van der Waals surface area contributed by atoms with E-state index in [9.17, 15) is 9.90 Å². The fourth-order valence-electron chi connectivity index (χ4n) is 1.96. The third-order valence-electron chi connectivity index (χ3n) is 3.16. The van der Waals surface area contributed by atoms with Gasteiger partial charge in [-0.1, -0.05) is 60.5 Å². The third kappa shape index (κ3) is 3.87. The van der Waals surface area contributed by atoms with Crippen LogP contribution in [0.3, 0.4) is 0 Å². The van der Waals surface area contributed by atoms with Crippen molar-refractivity contribution in [2.45, 2.75) is 13.3 Å². The van der Waals surface area contributed by atoms with Gasteiger partial charge in [0.2, 0.25) is 0 Å². The first-order valence-electron chi connectivity index (χ1n) is 6.50. The zero-order valence-electron chi connectivity index (χ0n) is 11.4. The number of aliphatic carboxylic acids is 1. The van der Waals surface area contributed by atoms with E-state index in [4.69, 9.17) is 23.2 Å². The van der Waals surface area contributed by atoms with Crippen molar-refractivity contribution in [2.24, 2.45) is 0 Å². The predicted molar refractivity (Wildman–Crippen MR) is 87.8 cm³/mol. The van der Waals surface area contributed by atoms with Crippen LogP contribution < -0.4 is 0 Å². The SMILES string of the molecule is CCc1ccc(/C(=C/c2ccc(Cl)c(Cl)c2)C(=O)O)cc1. The summed E-state index contributed by atoms with van der Waals surface area (Å²) < 4.78 is 0. The lowest BCUT2D eigenvalue weighted by molar-refractivity contribution is -0.130. The summed E-state index contributed by atoms with van der Waals surface area (Å²) in [6.07, 6.45) is 2.50. The molecule has 2 aromatic rings. The fourth-order valence-corrected chi connectivity index (χ4v) is 2.26. The van der Waals surface area contributed by atoms with Crippen LogP contribution in [0.4, 0.5) is 0 Å². The summed E-state index contributed by atoms with van der Waals surface area (Å²) in [4.78, 5) is 11.5. The first-order chi connectivity index (χ1) is 10.0. The van der Waals surface area contributed by atoms with E-state index < -0.39 is 5.97 Å². The van der Waals surface area contributed by atoms with Gasteiger partial charge in [-0.15, -0.1) is 0 Å². The lowest BCUT2D eigenvalue weighted by atomic mass is 10.0. The molecule has 4 heteroatoms. The number of benzene rings is 2. The molecule has 0 aromatic heterocycles. The Labute approximate surface area is 133 Å². The largest absolute Gasteiger partial charge is 0.478 e. The van der Waals surface area contributed by atoms with Crippen molar-refractivity contribution in [1.82, 2.24) is 0 Å². The molecule has 0 fully saturated rings. The maximum absolute atomic E-state index is 11.5. The summed E-state index contributed by atoms with van der Waals surface area (Å²) in [5.74, 6) is -0.981. The van der Waals surface area contributed by atoms with E-state index in [0.717, 1.165) is 12.0 Å². The van der Waals surface area contributed by atoms with Crippen LogP contribution in [0.15, 0.2) is 42.5 Å². The van der Waals surface area contributed by atoms with Gasteiger partial charge in [-0.25, -0.2) is 4.79 Å². The molecule has 0 saturated carbocycles. The second kappa shape index (κ2) is 6.79. The maximum Gasteiger partial charge on any atom is 0.336 e. The van der Waals surface area contributed by atoms with Crippen molar-refractivity contribution in [1.29, 1.82) is 0 Å². The molecule has 0 amide bonds. The van der Waals surface area contributed by atoms with Crippen molar-refractivity contribution < 1.29 is 9.90 Å². The molecule has 0 heterocycles. The van der Waals surface area contributed by atoms with E-state index in [1.54, 1.807) is 24.3 Å². The topological polar surface area (TPSA) is 37.3 Å². The second-order valence-corrected chi connectivity index (χ2v) is 5.40. The normalized spacial score (nSPS) is 11.5. The molecule has 21 heavy (non-hydrogen) atoms. The summed E-state index contributed by atoms with van der Waals surface area (Å²) in [5, 5.41) is 10.3. The molecule has 0 spiro atoms. The first-order valence-corrected chi connectivity index (χ1v) is 7.26. The van der Waals surface area contributed by atoms with Gasteiger partial charge in [0.1, 0.15) is 0 Å². The highest BCUT2D eigenvalue weighted by atomic mass is 35.5. The van der Waals surface area contributed by atoms with Crippen LogP contribution in [0.5, 0.6) is 0 Å². The Hall–Kier alpha value is -1.77. The molecule has 0 atom stereocenters. The number of hydrogen-bond acceptors (Lipinski definition) is 1. The molecule has 108 valence electrons. The molecule has 2 aromatic carbocycles. The highest BCUT2D eigenvalue weighted by Gasteiger charge is 2.11. The van der Waals surface area contributed by atoms with E-state index >= 15 is 0 Å². The van der Waals surface area contributed by atoms with Gasteiger partial charge < -0.3 is 5.11 Å². The smallest absolute Gasteiger partial charge is 0.336 e. The van der Waals surface area contributed by atoms with E-state index in [1.165, 1.54) is 0 Å². The highest BCUT2D eigenvalue weighted by Crippen LogP contribution is 2.26. The molecule has 0 saturated heterocycles. The Kier molecular flexibility index (Phi) is 5.05. The lowest BCUT2D eigenvalue weighted by Gasteiger charge is -2.05. The number of rotatable bonds is 4. The lowest BCUT2D eigenvalue weighted by Crippen LogP contribution is -1.99. The molecular formula is C17H14Cl2O2. The summed E-state index contributed by atoms with van der Waals surface area (Å²) in [6, 6.07) is 12.5. The van der Waals surface area contributed by atoms with Crippen LogP contribution in [0.2, 0.25) is 10.0 Å². The number of carbonyl (C=O) groups is 1. The van der Waals surface area contributed by atoms with Crippen molar-refractivity contribution in [3.05, 3.63) is 69.2 Å². The predicted octanol–water partition coefficient (Wildman–Crippen LogP) is 5.18. The number of halogens is 2. The Morgan fingerprint density at radius 2 is 1.76 bits per heavy atom. The van der Waals surface area contributed by atoms with Crippen molar-refractivity contribution in [3.63, 3.8) is 0 Å². The summed E-state index contributed by atoms with van der Waals surface area (Å²) in [5.41, 5.74) is 2.74. The minimum Gasteiger partial charge on any atom is -0.478 e. The molecule has 0 bridgehead atoms. The van der Waals surface area contributed by atoms with Crippen LogP contribution in [-0.2, 0) is 11.2 Å². The Morgan fingerprint density at radius 1 is 1.10 bits per heavy atom. The molecule has 2 rings (SSSR count). The zero-order valence-corrected chi connectivity index (χ0v) is 12.9. The van der Waals surface area contributed by atoms with Gasteiger partial charge in [-0.05, 0) is 41.3 Å². The minimum atomic E-state index is -0.981. The standard InChI is InChI=1S/C17H14Cl2O2/c1-2-11-3-6-13(7-4-11)14(17(20)21)9-12-5-8-15(18)16(19)10-12/h3-10H,2H2,1H3,(H,20,21)/b14-9-. The Morgan fingerprint density at radius 3 is 2.29 bits per heavy atom. The first kappa shape index (κ1) is 15.6. The van der Waals surface area contributed by atoms with Gasteiger partial charge in [0, 0.05) is 0 Å². The van der Waals surface area contributed by atoms with Gasteiger partial charge in [0.05, 0.1) is 15.6 Å². The molecule has 1 N–H and O–H groups in total. The van der Waals surface area contributed by atoms with Gasteiger partial charge >= 0.3 is 5.97 Å². The van der Waals surface area contributed by atoms with Crippen molar-refractivity contribution >= 4 is 40.8 Å². The van der Waals surface area contributed by atoms with Crippen LogP contribution in [0, 0.1) is 0 Å². The van der Waals surface area contributed by atoms with E-state index in [-0.39, 0.29) is 5.57 Å². The summed E-state index contributed by atoms with van der Waals surface area (Å²) >= 11 is 11.8. The minimum absolute atomic E-state index is 0.219. The van der Waals surface area contributed by atoms with E-state index in [2.05, 4.69) is 6.92 Å². The van der Waals surface area contributed by atoms with Gasteiger partial charge in [-0.2, -0.15) is 0 Å². The van der Waals surface area contributed by atoms with Crippen molar-refractivity contribution in [3.8, 4) is 0 Å². The maximum atomic E-state index is 11.5. The molecule has 0 aliphatic heterocycles. The molecule has 2 nitrogen and oxygen atoms in total. The number of hydrogen-bond donors (Lipinski definition) is 1. The Bertz CT molecular complexity index is 688. The average molecular weight is 321 g/mol. The monoisotopic (exact) mass is 320 g/mol. The van der Waals surface area contributed by atoms with Crippen LogP contribution in [0.1, 0.15) is 23.6 Å². The van der Waals surface area contributed by atoms with Gasteiger partial charge in [-0.3, -0.25) is 0 Å². The second-order valence-electron chi connectivity index (χ2n) is 4.59. The number of carboxylic acids is 1. The summed E-state index contributed by atoms with van der Waals surface area (Å²) in [7, 11) is 0. The quantitative estimate of drug-likeness (QED) is 0.622. The third-order valence-corrected chi connectivity index (χ3v) is 3.90. The van der Waals surface area contributed by atoms with Crippen molar-refractivity contribution in [2.75, 3.05) is 0 Å². The Balaban J connectivity index is 2.44. The van der Waals surface area contributed by atoms with Gasteiger partial charge in [0.15, 0.2) is 0 Å². The number of carboxylic acid groups (broad SMARTS) is 1. The highest BCUT2D eigenvalue weighted by molar-refractivity contribution is 6.42. The van der Waals surface area contributed by atoms with Crippen LogP contribution in [0.25, 0.3) is 11.6 Å². The number of aryl methyl sites for hydroxylation is 1.